The van der Waals surface area contributed by atoms with Crippen molar-refractivity contribution < 1.29 is 23.1 Å². The van der Waals surface area contributed by atoms with Crippen molar-refractivity contribution in [3.8, 4) is 5.75 Å². The van der Waals surface area contributed by atoms with Crippen molar-refractivity contribution in [2.75, 3.05) is 6.54 Å². The topological polar surface area (TPSA) is 75.3 Å². The molecule has 7 heteroatoms. The number of nitrogens with two attached hydrogens (primary N) is 1. The van der Waals surface area contributed by atoms with E-state index >= 15 is 0 Å². The average molecular weight is 276 g/mol. The van der Waals surface area contributed by atoms with Crippen molar-refractivity contribution in [2.45, 2.75) is 19.9 Å². The molecule has 0 aliphatic carbocycles. The zero-order valence-electron chi connectivity index (χ0n) is 10.5. The SMILES string of the molecule is CC(C)C(N)CNC(=O)c1cc(F)c(F)c(O)c1F. The zero-order valence-corrected chi connectivity index (χ0v) is 10.5. The average Bonchev–Trinajstić information content (AvgIpc) is 2.37. The molecular formula is C12H15F3N2O2. The molecule has 0 fully saturated rings. The second-order valence-corrected chi connectivity index (χ2v) is 4.50. The number of phenolic OH excluding ortho intramolecular Hbond substituents is 1. The van der Waals surface area contributed by atoms with Gasteiger partial charge in [0.15, 0.2) is 17.4 Å². The van der Waals surface area contributed by atoms with Crippen LogP contribution >= 0.6 is 0 Å². The molecule has 0 radical (unpaired) electrons. The second-order valence-electron chi connectivity index (χ2n) is 4.50. The molecule has 0 saturated carbocycles. The number of nitrogens with one attached hydrogen (secondary N) is 1. The maximum Gasteiger partial charge on any atom is 0.254 e. The van der Waals surface area contributed by atoms with E-state index in [2.05, 4.69) is 5.32 Å². The number of halogens is 3. The van der Waals surface area contributed by atoms with E-state index in [9.17, 15) is 18.0 Å². The van der Waals surface area contributed by atoms with Gasteiger partial charge in [0.25, 0.3) is 5.91 Å². The number of aromatic hydroxyl groups is 1. The van der Waals surface area contributed by atoms with Gasteiger partial charge in [-0.05, 0) is 12.0 Å². The van der Waals surface area contributed by atoms with E-state index in [1.54, 1.807) is 0 Å². The molecule has 0 saturated heterocycles. The Morgan fingerprint density at radius 3 is 2.47 bits per heavy atom. The minimum absolute atomic E-state index is 0.0513. The lowest BCUT2D eigenvalue weighted by Crippen LogP contribution is -2.40. The molecule has 1 aromatic rings. The highest BCUT2D eigenvalue weighted by Gasteiger charge is 2.22. The molecule has 0 heterocycles. The number of amides is 1. The van der Waals surface area contributed by atoms with Crippen molar-refractivity contribution in [3.05, 3.63) is 29.1 Å². The number of rotatable bonds is 4. The van der Waals surface area contributed by atoms with Crippen LogP contribution in [0.5, 0.6) is 5.75 Å². The third-order valence-corrected chi connectivity index (χ3v) is 2.73. The fourth-order valence-electron chi connectivity index (χ4n) is 1.30. The fraction of sp³-hybridized carbons (Fsp3) is 0.417. The van der Waals surface area contributed by atoms with Crippen LogP contribution in [0, 0.1) is 23.4 Å². The molecule has 0 spiro atoms. The smallest absolute Gasteiger partial charge is 0.254 e. The van der Waals surface area contributed by atoms with E-state index in [0.29, 0.717) is 6.07 Å². The van der Waals surface area contributed by atoms with Crippen LogP contribution in [-0.4, -0.2) is 23.6 Å². The number of benzene rings is 1. The Balaban J connectivity index is 2.89. The Hall–Kier alpha value is -1.76. The molecular weight excluding hydrogens is 261 g/mol. The van der Waals surface area contributed by atoms with Crippen LogP contribution in [0.2, 0.25) is 0 Å². The van der Waals surface area contributed by atoms with Crippen molar-refractivity contribution >= 4 is 5.91 Å². The highest BCUT2D eigenvalue weighted by molar-refractivity contribution is 5.95. The molecule has 0 aliphatic rings. The summed E-state index contributed by atoms with van der Waals surface area (Å²) in [6.45, 7) is 3.72. The van der Waals surface area contributed by atoms with Gasteiger partial charge in [0.05, 0.1) is 5.56 Å². The van der Waals surface area contributed by atoms with Gasteiger partial charge in [-0.15, -0.1) is 0 Å². The predicted octanol–water partition coefficient (Wildman–Crippen LogP) is 1.52. The molecule has 4 nitrogen and oxygen atoms in total. The maximum absolute atomic E-state index is 13.4. The monoisotopic (exact) mass is 276 g/mol. The first-order chi connectivity index (χ1) is 8.75. The van der Waals surface area contributed by atoms with Crippen molar-refractivity contribution in [1.29, 1.82) is 0 Å². The Bertz CT molecular complexity index is 492. The summed E-state index contributed by atoms with van der Waals surface area (Å²) in [5.74, 6) is -7.13. The number of hydrogen-bond donors (Lipinski definition) is 3. The van der Waals surface area contributed by atoms with E-state index in [1.807, 2.05) is 13.8 Å². The van der Waals surface area contributed by atoms with E-state index < -0.39 is 34.7 Å². The number of carbonyl (C=O) groups excluding carboxylic acids is 1. The quantitative estimate of drug-likeness (QED) is 0.730. The molecule has 0 bridgehead atoms. The van der Waals surface area contributed by atoms with Crippen LogP contribution in [0.3, 0.4) is 0 Å². The first-order valence-electron chi connectivity index (χ1n) is 5.66. The minimum Gasteiger partial charge on any atom is -0.503 e. The summed E-state index contributed by atoms with van der Waals surface area (Å²) in [4.78, 5) is 11.6. The summed E-state index contributed by atoms with van der Waals surface area (Å²) in [6.07, 6.45) is 0. The Kier molecular flexibility index (Phi) is 4.77. The van der Waals surface area contributed by atoms with Crippen LogP contribution in [0.4, 0.5) is 13.2 Å². The van der Waals surface area contributed by atoms with Gasteiger partial charge in [0.1, 0.15) is 0 Å². The summed E-state index contributed by atoms with van der Waals surface area (Å²) in [6, 6.07) is 0.0339. The normalized spacial score (nSPS) is 12.6. The van der Waals surface area contributed by atoms with Crippen molar-refractivity contribution in [3.63, 3.8) is 0 Å². The van der Waals surface area contributed by atoms with Gasteiger partial charge >= 0.3 is 0 Å². The first-order valence-corrected chi connectivity index (χ1v) is 5.66. The summed E-state index contributed by atoms with van der Waals surface area (Å²) < 4.78 is 39.3. The van der Waals surface area contributed by atoms with Gasteiger partial charge in [-0.1, -0.05) is 13.8 Å². The molecule has 1 rings (SSSR count). The highest BCUT2D eigenvalue weighted by Crippen LogP contribution is 2.25. The van der Waals surface area contributed by atoms with Crippen LogP contribution in [0.25, 0.3) is 0 Å². The van der Waals surface area contributed by atoms with Crippen LogP contribution in [0.15, 0.2) is 6.07 Å². The molecule has 0 aromatic heterocycles. The molecule has 1 amide bonds. The minimum atomic E-state index is -1.73. The first kappa shape index (κ1) is 15.3. The van der Waals surface area contributed by atoms with Crippen molar-refractivity contribution in [2.24, 2.45) is 11.7 Å². The van der Waals surface area contributed by atoms with Crippen LogP contribution in [-0.2, 0) is 0 Å². The fourth-order valence-corrected chi connectivity index (χ4v) is 1.30. The molecule has 19 heavy (non-hydrogen) atoms. The lowest BCUT2D eigenvalue weighted by atomic mass is 10.1. The maximum atomic E-state index is 13.4. The molecule has 1 aromatic carbocycles. The number of carbonyl (C=O) groups is 1. The lowest BCUT2D eigenvalue weighted by molar-refractivity contribution is 0.0943. The second kappa shape index (κ2) is 5.92. The summed E-state index contributed by atoms with van der Waals surface area (Å²) in [7, 11) is 0. The zero-order chi connectivity index (χ0) is 14.7. The van der Waals surface area contributed by atoms with E-state index in [0.717, 1.165) is 0 Å². The van der Waals surface area contributed by atoms with Gasteiger partial charge in [-0.2, -0.15) is 4.39 Å². The molecule has 0 aliphatic heterocycles. The summed E-state index contributed by atoms with van der Waals surface area (Å²) in [5, 5.41) is 11.3. The number of hydrogen-bond acceptors (Lipinski definition) is 3. The van der Waals surface area contributed by atoms with Crippen LogP contribution in [0.1, 0.15) is 24.2 Å². The Morgan fingerprint density at radius 1 is 1.37 bits per heavy atom. The highest BCUT2D eigenvalue weighted by atomic mass is 19.2. The van der Waals surface area contributed by atoms with E-state index in [4.69, 9.17) is 10.8 Å². The third kappa shape index (κ3) is 3.37. The molecule has 106 valence electrons. The Labute approximate surface area is 108 Å². The molecule has 1 unspecified atom stereocenters. The lowest BCUT2D eigenvalue weighted by Gasteiger charge is -2.16. The summed E-state index contributed by atoms with van der Waals surface area (Å²) >= 11 is 0. The molecule has 4 N–H and O–H groups in total. The standard InChI is InChI=1S/C12H15F3N2O2/c1-5(2)8(16)4-17-12(19)6-3-7(13)10(15)11(18)9(6)14/h3,5,8,18H,4,16H2,1-2H3,(H,17,19). The van der Waals surface area contributed by atoms with Gasteiger partial charge < -0.3 is 16.2 Å². The molecule has 1 atom stereocenters. The van der Waals surface area contributed by atoms with Gasteiger partial charge in [-0.3, -0.25) is 4.79 Å². The summed E-state index contributed by atoms with van der Waals surface area (Å²) in [5.41, 5.74) is 4.90. The van der Waals surface area contributed by atoms with E-state index in [1.165, 1.54) is 0 Å². The predicted molar refractivity (Wildman–Crippen MR) is 63.1 cm³/mol. The van der Waals surface area contributed by atoms with Crippen LogP contribution < -0.4 is 11.1 Å². The van der Waals surface area contributed by atoms with Gasteiger partial charge in [-0.25, -0.2) is 8.78 Å². The van der Waals surface area contributed by atoms with Gasteiger partial charge in [0.2, 0.25) is 5.82 Å². The van der Waals surface area contributed by atoms with E-state index in [-0.39, 0.29) is 18.5 Å². The third-order valence-electron chi connectivity index (χ3n) is 2.73. The van der Waals surface area contributed by atoms with Gasteiger partial charge in [0, 0.05) is 12.6 Å². The largest absolute Gasteiger partial charge is 0.503 e. The number of phenols is 1. The Morgan fingerprint density at radius 2 is 1.95 bits per heavy atom. The van der Waals surface area contributed by atoms with Crippen molar-refractivity contribution in [1.82, 2.24) is 5.32 Å².